The third-order valence-corrected chi connectivity index (χ3v) is 12.8. The molecule has 0 aromatic heterocycles. The van der Waals surface area contributed by atoms with Crippen molar-refractivity contribution in [3.8, 4) is 0 Å². The van der Waals surface area contributed by atoms with Crippen molar-refractivity contribution in [2.24, 2.45) is 0 Å². The number of esters is 2. The van der Waals surface area contributed by atoms with Gasteiger partial charge in [-0.05, 0) is 96.7 Å². The molecular weight excluding hydrogens is 831 g/mol. The molecule has 0 spiro atoms. The highest BCUT2D eigenvalue weighted by Gasteiger charge is 2.15. The number of ether oxygens (including phenoxy) is 2. The lowest BCUT2D eigenvalue weighted by Crippen LogP contribution is -2.29. The zero-order valence-corrected chi connectivity index (χ0v) is 42.7. The van der Waals surface area contributed by atoms with Gasteiger partial charge in [0.25, 0.3) is 0 Å². The van der Waals surface area contributed by atoms with Crippen molar-refractivity contribution in [2.75, 3.05) is 64.5 Å². The fourth-order valence-electron chi connectivity index (χ4n) is 7.86. The minimum Gasteiger partial charge on any atom is -0.466 e. The Hall–Kier alpha value is -1.22. The Labute approximate surface area is 393 Å². The molecule has 0 aromatic carbocycles. The predicted octanol–water partition coefficient (Wildman–Crippen LogP) is 14.5. The van der Waals surface area contributed by atoms with Crippen LogP contribution in [0.25, 0.3) is 0 Å². The van der Waals surface area contributed by atoms with E-state index in [1.165, 1.54) is 128 Å². The summed E-state index contributed by atoms with van der Waals surface area (Å²) in [5.41, 5.74) is 0. The topological polar surface area (TPSA) is 117 Å². The SMILES string of the molecule is CCCCC/C=C\CCOC(=O)CCCCCCCCCN(CCCl)CCCCCCCCCC(=O)OCCCCCCCCCCN(CC/C=C\CCCCC)CCP(=O)(O)O. The summed E-state index contributed by atoms with van der Waals surface area (Å²) in [5.74, 6) is 0.594. The Kier molecular flexibility index (Phi) is 47.8. The van der Waals surface area contributed by atoms with Crippen molar-refractivity contribution >= 4 is 31.1 Å². The third-order valence-electron chi connectivity index (χ3n) is 11.9. The van der Waals surface area contributed by atoms with Crippen LogP contribution in [0.5, 0.6) is 0 Å². The number of nitrogens with zero attached hydrogens (tertiary/aromatic N) is 2. The molecule has 372 valence electrons. The average molecular weight is 932 g/mol. The van der Waals surface area contributed by atoms with Gasteiger partial charge in [0.05, 0.1) is 19.4 Å². The summed E-state index contributed by atoms with van der Waals surface area (Å²) in [6.45, 7) is 10.9. The number of unbranched alkanes of at least 4 members (excludes halogenated alkanes) is 25. The summed E-state index contributed by atoms with van der Waals surface area (Å²) in [4.78, 5) is 47.5. The zero-order valence-electron chi connectivity index (χ0n) is 41.1. The number of alkyl halides is 1. The fraction of sp³-hybridized carbons (Fsp3) is 0.885. The zero-order chi connectivity index (χ0) is 46.2. The molecule has 0 unspecified atom stereocenters. The van der Waals surface area contributed by atoms with E-state index in [9.17, 15) is 23.9 Å². The monoisotopic (exact) mass is 931 g/mol. The number of carbonyl (C=O) groups is 2. The van der Waals surface area contributed by atoms with E-state index in [4.69, 9.17) is 21.1 Å². The van der Waals surface area contributed by atoms with E-state index in [0.717, 1.165) is 110 Å². The molecule has 0 bridgehead atoms. The van der Waals surface area contributed by atoms with Gasteiger partial charge in [-0.1, -0.05) is 167 Å². The molecule has 0 aliphatic rings. The minimum atomic E-state index is -3.97. The Morgan fingerprint density at radius 1 is 0.444 bits per heavy atom. The van der Waals surface area contributed by atoms with Crippen molar-refractivity contribution in [3.05, 3.63) is 24.3 Å². The molecule has 0 aromatic rings. The number of allylic oxidation sites excluding steroid dienone is 2. The maximum atomic E-state index is 12.2. The summed E-state index contributed by atoms with van der Waals surface area (Å²) in [6, 6.07) is 0. The van der Waals surface area contributed by atoms with Gasteiger partial charge in [-0.25, -0.2) is 0 Å². The lowest BCUT2D eigenvalue weighted by Gasteiger charge is -2.22. The summed E-state index contributed by atoms with van der Waals surface area (Å²) >= 11 is 6.11. The van der Waals surface area contributed by atoms with E-state index in [0.29, 0.717) is 38.5 Å². The second-order valence-corrected chi connectivity index (χ2v) is 20.1. The molecule has 2 N–H and O–H groups in total. The highest BCUT2D eigenvalue weighted by Crippen LogP contribution is 2.33. The lowest BCUT2D eigenvalue weighted by atomic mass is 10.1. The van der Waals surface area contributed by atoms with E-state index in [2.05, 4.69) is 48.0 Å². The van der Waals surface area contributed by atoms with Crippen LogP contribution in [0.4, 0.5) is 0 Å². The van der Waals surface area contributed by atoms with Crippen LogP contribution in [0.1, 0.15) is 232 Å². The first kappa shape index (κ1) is 61.8. The molecule has 0 radical (unpaired) electrons. The summed E-state index contributed by atoms with van der Waals surface area (Å²) < 4.78 is 22.3. The van der Waals surface area contributed by atoms with Crippen molar-refractivity contribution in [3.63, 3.8) is 0 Å². The summed E-state index contributed by atoms with van der Waals surface area (Å²) in [6.07, 6.45) is 46.8. The first-order chi connectivity index (χ1) is 30.7. The molecule has 63 heavy (non-hydrogen) atoms. The van der Waals surface area contributed by atoms with E-state index in [1.807, 2.05) is 0 Å². The molecule has 0 fully saturated rings. The first-order valence-corrected chi connectivity index (χ1v) is 28.7. The van der Waals surface area contributed by atoms with Gasteiger partial charge in [0.15, 0.2) is 0 Å². The Morgan fingerprint density at radius 3 is 1.27 bits per heavy atom. The molecule has 0 heterocycles. The molecule has 0 atom stereocenters. The second-order valence-electron chi connectivity index (χ2n) is 18.0. The summed E-state index contributed by atoms with van der Waals surface area (Å²) in [7, 11) is -3.97. The van der Waals surface area contributed by atoms with Crippen molar-refractivity contribution < 1.29 is 33.4 Å². The molecule has 9 nitrogen and oxygen atoms in total. The van der Waals surface area contributed by atoms with Crippen LogP contribution in [-0.2, 0) is 23.6 Å². The quantitative estimate of drug-likeness (QED) is 0.0202. The van der Waals surface area contributed by atoms with Crippen molar-refractivity contribution in [1.82, 2.24) is 9.80 Å². The Bertz CT molecular complexity index is 1100. The highest BCUT2D eigenvalue weighted by molar-refractivity contribution is 7.51. The maximum Gasteiger partial charge on any atom is 0.326 e. The van der Waals surface area contributed by atoms with Crippen molar-refractivity contribution in [1.29, 1.82) is 0 Å². The van der Waals surface area contributed by atoms with Gasteiger partial charge < -0.3 is 29.1 Å². The van der Waals surface area contributed by atoms with Crippen LogP contribution in [0.15, 0.2) is 24.3 Å². The first-order valence-electron chi connectivity index (χ1n) is 26.4. The average Bonchev–Trinajstić information content (AvgIpc) is 3.26. The van der Waals surface area contributed by atoms with Gasteiger partial charge >= 0.3 is 19.5 Å². The molecule has 0 saturated carbocycles. The Balaban J connectivity index is 3.67. The highest BCUT2D eigenvalue weighted by atomic mass is 35.5. The van der Waals surface area contributed by atoms with Gasteiger partial charge in [-0.2, -0.15) is 0 Å². The fourth-order valence-corrected chi connectivity index (χ4v) is 8.64. The summed E-state index contributed by atoms with van der Waals surface area (Å²) in [5, 5.41) is 0. The van der Waals surface area contributed by atoms with Crippen molar-refractivity contribution in [2.45, 2.75) is 232 Å². The van der Waals surface area contributed by atoms with Crippen LogP contribution in [0.2, 0.25) is 0 Å². The molecule has 0 rings (SSSR count). The van der Waals surface area contributed by atoms with Gasteiger partial charge in [-0.15, -0.1) is 11.6 Å². The molecule has 11 heteroatoms. The van der Waals surface area contributed by atoms with Gasteiger partial charge in [0.1, 0.15) is 0 Å². The largest absolute Gasteiger partial charge is 0.466 e. The van der Waals surface area contributed by atoms with Crippen LogP contribution < -0.4 is 0 Å². The third kappa shape index (κ3) is 50.0. The molecule has 0 aliphatic carbocycles. The molecule has 0 aliphatic heterocycles. The van der Waals surface area contributed by atoms with Gasteiger partial charge in [-0.3, -0.25) is 14.2 Å². The van der Waals surface area contributed by atoms with Gasteiger partial charge in [0.2, 0.25) is 0 Å². The number of carbonyl (C=O) groups excluding carboxylic acids is 2. The van der Waals surface area contributed by atoms with Crippen LogP contribution in [0.3, 0.4) is 0 Å². The standard InChI is InChI=1S/C52H100ClN2O7P/c1-3-5-7-9-17-25-35-44-55(47-50-63(58,59)60)45-36-28-18-11-12-22-30-38-49-62-52(57)40-32-24-16-14-20-27-34-43-54(46-41-53)42-33-26-19-13-15-23-31-39-51(56)61-48-37-29-21-10-8-6-4-2/h17,21,25,29H,3-16,18-20,22-24,26-28,30-50H2,1-2H3,(H2,58,59,60)/b25-17-,29-21-. The predicted molar refractivity (Wildman–Crippen MR) is 269 cm³/mol. The smallest absolute Gasteiger partial charge is 0.326 e. The number of rotatable bonds is 50. The van der Waals surface area contributed by atoms with Crippen LogP contribution in [-0.4, -0.2) is 96.0 Å². The second kappa shape index (κ2) is 48.7. The molecule has 0 saturated heterocycles. The Morgan fingerprint density at radius 2 is 0.825 bits per heavy atom. The normalized spacial score (nSPS) is 12.2. The molecule has 0 amide bonds. The van der Waals surface area contributed by atoms with E-state index in [-0.39, 0.29) is 18.1 Å². The van der Waals surface area contributed by atoms with Crippen LogP contribution in [0, 0.1) is 0 Å². The number of hydrogen-bond donors (Lipinski definition) is 2. The van der Waals surface area contributed by atoms with E-state index < -0.39 is 7.60 Å². The van der Waals surface area contributed by atoms with E-state index in [1.54, 1.807) is 0 Å². The molecular formula is C52H100ClN2O7P. The number of hydrogen-bond acceptors (Lipinski definition) is 7. The lowest BCUT2D eigenvalue weighted by molar-refractivity contribution is -0.144. The minimum absolute atomic E-state index is 0.0476. The van der Waals surface area contributed by atoms with E-state index >= 15 is 0 Å². The maximum absolute atomic E-state index is 12.2. The number of halogens is 1. The van der Waals surface area contributed by atoms with Gasteiger partial charge in [0, 0.05) is 38.4 Å². The van der Waals surface area contributed by atoms with Crippen LogP contribution >= 0.6 is 19.2 Å².